The van der Waals surface area contributed by atoms with Gasteiger partial charge in [0.05, 0.1) is 6.10 Å². The zero-order chi connectivity index (χ0) is 11.1. The van der Waals surface area contributed by atoms with Crippen LogP contribution in [0.4, 0.5) is 0 Å². The first kappa shape index (κ1) is 12.9. The third-order valence-electron chi connectivity index (χ3n) is 3.09. The van der Waals surface area contributed by atoms with Crippen molar-refractivity contribution in [3.05, 3.63) is 0 Å². The van der Waals surface area contributed by atoms with Gasteiger partial charge >= 0.3 is 0 Å². The van der Waals surface area contributed by atoms with Gasteiger partial charge in [-0.05, 0) is 44.4 Å². The molecule has 0 bridgehead atoms. The molecule has 1 fully saturated rings. The van der Waals surface area contributed by atoms with E-state index in [-0.39, 0.29) is 0 Å². The van der Waals surface area contributed by atoms with Crippen molar-refractivity contribution in [3.63, 3.8) is 0 Å². The average Bonchev–Trinajstić information content (AvgIpc) is 2.68. The van der Waals surface area contributed by atoms with E-state index in [1.54, 1.807) is 0 Å². The molecule has 0 amide bonds. The number of nitrogens with two attached hydrogens (primary N) is 1. The molecule has 3 nitrogen and oxygen atoms in total. The molecule has 2 atom stereocenters. The van der Waals surface area contributed by atoms with Crippen molar-refractivity contribution in [1.82, 2.24) is 5.43 Å². The van der Waals surface area contributed by atoms with Crippen LogP contribution in [0.25, 0.3) is 0 Å². The summed E-state index contributed by atoms with van der Waals surface area (Å²) in [6.07, 6.45) is 7.81. The van der Waals surface area contributed by atoms with Gasteiger partial charge in [-0.2, -0.15) is 0 Å². The number of hydrogen-bond acceptors (Lipinski definition) is 3. The highest BCUT2D eigenvalue weighted by Crippen LogP contribution is 2.19. The van der Waals surface area contributed by atoms with Gasteiger partial charge in [-0.15, -0.1) is 0 Å². The Kier molecular flexibility index (Phi) is 6.22. The van der Waals surface area contributed by atoms with Gasteiger partial charge in [0.25, 0.3) is 0 Å². The second-order valence-corrected chi connectivity index (χ2v) is 5.06. The van der Waals surface area contributed by atoms with Crippen LogP contribution in [0.15, 0.2) is 0 Å². The normalized spacial score (nSPS) is 23.6. The van der Waals surface area contributed by atoms with Crippen molar-refractivity contribution in [2.24, 2.45) is 11.8 Å². The molecule has 1 rings (SSSR count). The Bertz CT molecular complexity index is 156. The van der Waals surface area contributed by atoms with Gasteiger partial charge in [0.15, 0.2) is 0 Å². The van der Waals surface area contributed by atoms with E-state index >= 15 is 0 Å². The summed E-state index contributed by atoms with van der Waals surface area (Å²) in [4.78, 5) is 0. The molecule has 3 N–H and O–H groups in total. The summed E-state index contributed by atoms with van der Waals surface area (Å²) in [6, 6.07) is 0.478. The van der Waals surface area contributed by atoms with Crippen LogP contribution in [-0.4, -0.2) is 18.8 Å². The molecule has 90 valence electrons. The van der Waals surface area contributed by atoms with E-state index in [0.717, 1.165) is 6.61 Å². The van der Waals surface area contributed by atoms with E-state index in [9.17, 15) is 0 Å². The third-order valence-corrected chi connectivity index (χ3v) is 3.09. The molecule has 0 radical (unpaired) electrons. The van der Waals surface area contributed by atoms with Crippen LogP contribution in [0.5, 0.6) is 0 Å². The third kappa shape index (κ3) is 5.50. The largest absolute Gasteiger partial charge is 0.378 e. The van der Waals surface area contributed by atoms with Crippen molar-refractivity contribution < 1.29 is 4.74 Å². The molecule has 0 spiro atoms. The monoisotopic (exact) mass is 214 g/mol. The standard InChI is InChI=1S/C12H26N2O/c1-10(2)9-11(14-13)5-3-6-12-7-4-8-15-12/h10-12,14H,3-9,13H2,1-2H3. The Hall–Kier alpha value is -0.120. The molecule has 2 unspecified atom stereocenters. The number of hydrazine groups is 1. The fraction of sp³-hybridized carbons (Fsp3) is 1.00. The predicted octanol–water partition coefficient (Wildman–Crippen LogP) is 2.21. The Morgan fingerprint density at radius 1 is 1.47 bits per heavy atom. The molecule has 1 aliphatic rings. The van der Waals surface area contributed by atoms with E-state index in [2.05, 4.69) is 19.3 Å². The van der Waals surface area contributed by atoms with E-state index in [0.29, 0.717) is 18.1 Å². The first-order valence-corrected chi connectivity index (χ1v) is 6.30. The number of nitrogens with one attached hydrogen (secondary N) is 1. The van der Waals surface area contributed by atoms with Crippen molar-refractivity contribution >= 4 is 0 Å². The predicted molar refractivity (Wildman–Crippen MR) is 63.4 cm³/mol. The highest BCUT2D eigenvalue weighted by atomic mass is 16.5. The lowest BCUT2D eigenvalue weighted by molar-refractivity contribution is 0.101. The maximum Gasteiger partial charge on any atom is 0.0576 e. The molecule has 0 aliphatic carbocycles. The van der Waals surface area contributed by atoms with Crippen molar-refractivity contribution in [1.29, 1.82) is 0 Å². The molecular formula is C12H26N2O. The smallest absolute Gasteiger partial charge is 0.0576 e. The van der Waals surface area contributed by atoms with Gasteiger partial charge in [-0.25, -0.2) is 0 Å². The van der Waals surface area contributed by atoms with Gasteiger partial charge in [0, 0.05) is 12.6 Å². The molecule has 3 heteroatoms. The Balaban J connectivity index is 2.05. The molecular weight excluding hydrogens is 188 g/mol. The van der Waals surface area contributed by atoms with Crippen LogP contribution >= 0.6 is 0 Å². The SMILES string of the molecule is CC(C)CC(CCCC1CCCO1)NN. The summed E-state index contributed by atoms with van der Waals surface area (Å²) >= 11 is 0. The Morgan fingerprint density at radius 3 is 2.80 bits per heavy atom. The maximum absolute atomic E-state index is 5.60. The van der Waals surface area contributed by atoms with Gasteiger partial charge in [-0.1, -0.05) is 13.8 Å². The van der Waals surface area contributed by atoms with E-state index in [4.69, 9.17) is 10.6 Å². The first-order chi connectivity index (χ1) is 7.22. The summed E-state index contributed by atoms with van der Waals surface area (Å²) < 4.78 is 5.60. The van der Waals surface area contributed by atoms with E-state index < -0.39 is 0 Å². The van der Waals surface area contributed by atoms with Gasteiger partial charge in [0.2, 0.25) is 0 Å². The summed E-state index contributed by atoms with van der Waals surface area (Å²) in [6.45, 7) is 5.45. The molecule has 1 aliphatic heterocycles. The molecule has 15 heavy (non-hydrogen) atoms. The second-order valence-electron chi connectivity index (χ2n) is 5.06. The summed E-state index contributed by atoms with van der Waals surface area (Å²) in [7, 11) is 0. The summed E-state index contributed by atoms with van der Waals surface area (Å²) in [5.41, 5.74) is 2.92. The van der Waals surface area contributed by atoms with Crippen molar-refractivity contribution in [3.8, 4) is 0 Å². The lowest BCUT2D eigenvalue weighted by atomic mass is 9.98. The molecule has 1 saturated heterocycles. The number of hydrogen-bond donors (Lipinski definition) is 2. The lowest BCUT2D eigenvalue weighted by Gasteiger charge is -2.18. The molecule has 1 heterocycles. The minimum atomic E-state index is 0.478. The van der Waals surface area contributed by atoms with Crippen molar-refractivity contribution in [2.75, 3.05) is 6.61 Å². The minimum absolute atomic E-state index is 0.478. The second kappa shape index (κ2) is 7.20. The van der Waals surface area contributed by atoms with E-state index in [1.165, 1.54) is 38.5 Å². The van der Waals surface area contributed by atoms with Crippen LogP contribution in [-0.2, 0) is 4.74 Å². The quantitative estimate of drug-likeness (QED) is 0.504. The first-order valence-electron chi connectivity index (χ1n) is 6.30. The fourth-order valence-electron chi connectivity index (χ4n) is 2.30. The number of ether oxygens (including phenoxy) is 1. The van der Waals surface area contributed by atoms with Crippen molar-refractivity contribution in [2.45, 2.75) is 64.5 Å². The topological polar surface area (TPSA) is 47.3 Å². The molecule has 0 saturated carbocycles. The zero-order valence-corrected chi connectivity index (χ0v) is 10.2. The maximum atomic E-state index is 5.60. The Labute approximate surface area is 93.7 Å². The summed E-state index contributed by atoms with van der Waals surface area (Å²) in [5.74, 6) is 6.25. The fourth-order valence-corrected chi connectivity index (χ4v) is 2.30. The Morgan fingerprint density at radius 2 is 2.27 bits per heavy atom. The molecule has 0 aromatic heterocycles. The zero-order valence-electron chi connectivity index (χ0n) is 10.2. The lowest BCUT2D eigenvalue weighted by Crippen LogP contribution is -2.36. The van der Waals surface area contributed by atoms with Crippen LogP contribution in [0.3, 0.4) is 0 Å². The van der Waals surface area contributed by atoms with Gasteiger partial charge < -0.3 is 4.74 Å². The average molecular weight is 214 g/mol. The number of rotatable bonds is 7. The van der Waals surface area contributed by atoms with E-state index in [1.807, 2.05) is 0 Å². The highest BCUT2D eigenvalue weighted by molar-refractivity contribution is 4.69. The van der Waals surface area contributed by atoms with Gasteiger partial charge in [-0.3, -0.25) is 11.3 Å². The van der Waals surface area contributed by atoms with Gasteiger partial charge in [0.1, 0.15) is 0 Å². The highest BCUT2D eigenvalue weighted by Gasteiger charge is 2.16. The van der Waals surface area contributed by atoms with Crippen LogP contribution in [0.2, 0.25) is 0 Å². The van der Waals surface area contributed by atoms with Crippen LogP contribution in [0, 0.1) is 5.92 Å². The molecule has 0 aromatic carbocycles. The molecule has 0 aromatic rings. The van der Waals surface area contributed by atoms with Crippen LogP contribution < -0.4 is 11.3 Å². The van der Waals surface area contributed by atoms with Crippen LogP contribution in [0.1, 0.15) is 52.4 Å². The summed E-state index contributed by atoms with van der Waals surface area (Å²) in [5, 5.41) is 0. The minimum Gasteiger partial charge on any atom is -0.378 e.